The lowest BCUT2D eigenvalue weighted by molar-refractivity contribution is 0.0696. The topological polar surface area (TPSA) is 77.9 Å². The lowest BCUT2D eigenvalue weighted by Gasteiger charge is -2.21. The molecule has 0 radical (unpaired) electrons. The van der Waals surface area contributed by atoms with Gasteiger partial charge in [0.25, 0.3) is 0 Å². The quantitative estimate of drug-likeness (QED) is 0.881. The minimum absolute atomic E-state index is 0.124. The SMILES string of the molecule is CN1CCC2CN(S(=O)(=O)c3cc(C(=O)O)c(Cl)cc3F)CC21. The van der Waals surface area contributed by atoms with E-state index in [0.29, 0.717) is 6.54 Å². The van der Waals surface area contributed by atoms with E-state index in [9.17, 15) is 17.6 Å². The van der Waals surface area contributed by atoms with Gasteiger partial charge in [-0.05, 0) is 38.1 Å². The Morgan fingerprint density at radius 3 is 2.70 bits per heavy atom. The Morgan fingerprint density at radius 2 is 2.09 bits per heavy atom. The van der Waals surface area contributed by atoms with Gasteiger partial charge in [-0.15, -0.1) is 0 Å². The van der Waals surface area contributed by atoms with E-state index in [2.05, 4.69) is 4.90 Å². The lowest BCUT2D eigenvalue weighted by atomic mass is 10.1. The van der Waals surface area contributed by atoms with Crippen LogP contribution >= 0.6 is 11.6 Å². The highest BCUT2D eigenvalue weighted by Gasteiger charge is 2.44. The van der Waals surface area contributed by atoms with Crippen molar-refractivity contribution in [1.29, 1.82) is 0 Å². The molecule has 0 saturated carbocycles. The Hall–Kier alpha value is -1.22. The number of carboxylic acids is 1. The Kier molecular flexibility index (Phi) is 4.12. The fourth-order valence-electron chi connectivity index (χ4n) is 3.36. The molecule has 2 saturated heterocycles. The molecule has 0 aromatic heterocycles. The first-order valence-electron chi connectivity index (χ1n) is 7.14. The summed E-state index contributed by atoms with van der Waals surface area (Å²) in [6.45, 7) is 1.53. The minimum atomic E-state index is -4.10. The molecule has 2 aliphatic heterocycles. The summed E-state index contributed by atoms with van der Waals surface area (Å²) in [5.74, 6) is -2.21. The monoisotopic (exact) mass is 362 g/mol. The molecule has 1 N–H and O–H groups in total. The molecule has 0 spiro atoms. The predicted octanol–water partition coefficient (Wildman–Crippen LogP) is 1.50. The fourth-order valence-corrected chi connectivity index (χ4v) is 5.18. The summed E-state index contributed by atoms with van der Waals surface area (Å²) in [6, 6.07) is 1.66. The third kappa shape index (κ3) is 2.73. The summed E-state index contributed by atoms with van der Waals surface area (Å²) >= 11 is 5.67. The number of benzene rings is 1. The number of sulfonamides is 1. The molecule has 3 rings (SSSR count). The zero-order valence-corrected chi connectivity index (χ0v) is 13.9. The number of likely N-dealkylation sites (tertiary alicyclic amines) is 1. The second kappa shape index (κ2) is 5.70. The third-order valence-electron chi connectivity index (χ3n) is 4.66. The van der Waals surface area contributed by atoms with Crippen molar-refractivity contribution < 1.29 is 22.7 Å². The number of likely N-dealkylation sites (N-methyl/N-ethyl adjacent to an activating group) is 1. The van der Waals surface area contributed by atoms with Crippen LogP contribution in [0.2, 0.25) is 5.02 Å². The second-order valence-electron chi connectivity index (χ2n) is 5.99. The van der Waals surface area contributed by atoms with Crippen LogP contribution in [0.25, 0.3) is 0 Å². The van der Waals surface area contributed by atoms with Gasteiger partial charge in [0.05, 0.1) is 10.6 Å². The van der Waals surface area contributed by atoms with E-state index >= 15 is 0 Å². The maximum atomic E-state index is 14.1. The number of rotatable bonds is 3. The Bertz CT molecular complexity index is 770. The van der Waals surface area contributed by atoms with Crippen LogP contribution in [0, 0.1) is 11.7 Å². The van der Waals surface area contributed by atoms with Crippen molar-refractivity contribution in [2.75, 3.05) is 26.7 Å². The van der Waals surface area contributed by atoms with Gasteiger partial charge in [-0.25, -0.2) is 17.6 Å². The summed E-state index contributed by atoms with van der Waals surface area (Å²) in [5.41, 5.74) is -0.428. The smallest absolute Gasteiger partial charge is 0.337 e. The van der Waals surface area contributed by atoms with Gasteiger partial charge in [-0.2, -0.15) is 4.31 Å². The highest BCUT2D eigenvalue weighted by molar-refractivity contribution is 7.89. The number of fused-ring (bicyclic) bond motifs is 1. The van der Waals surface area contributed by atoms with Crippen LogP contribution < -0.4 is 0 Å². The van der Waals surface area contributed by atoms with E-state index < -0.39 is 32.3 Å². The van der Waals surface area contributed by atoms with Gasteiger partial charge in [0.1, 0.15) is 10.7 Å². The zero-order valence-electron chi connectivity index (χ0n) is 12.4. The first-order valence-corrected chi connectivity index (χ1v) is 8.96. The molecule has 126 valence electrons. The molecular weight excluding hydrogens is 347 g/mol. The number of carboxylic acid groups (broad SMARTS) is 1. The summed E-state index contributed by atoms with van der Waals surface area (Å²) in [5, 5.41) is 8.73. The average Bonchev–Trinajstić information content (AvgIpc) is 3.01. The summed E-state index contributed by atoms with van der Waals surface area (Å²) < 4.78 is 40.8. The average molecular weight is 363 g/mol. The zero-order chi connectivity index (χ0) is 16.9. The molecule has 23 heavy (non-hydrogen) atoms. The number of nitrogens with zero attached hydrogens (tertiary/aromatic N) is 2. The van der Waals surface area contributed by atoms with Crippen LogP contribution in [0.3, 0.4) is 0 Å². The number of halogens is 2. The molecule has 1 aromatic carbocycles. The van der Waals surface area contributed by atoms with E-state index in [0.717, 1.165) is 25.1 Å². The van der Waals surface area contributed by atoms with Crippen LogP contribution in [0.1, 0.15) is 16.8 Å². The van der Waals surface area contributed by atoms with Crippen LogP contribution in [-0.4, -0.2) is 61.4 Å². The fraction of sp³-hybridized carbons (Fsp3) is 0.500. The van der Waals surface area contributed by atoms with Crippen LogP contribution in [-0.2, 0) is 10.0 Å². The van der Waals surface area contributed by atoms with Crippen LogP contribution in [0.15, 0.2) is 17.0 Å². The predicted molar refractivity (Wildman–Crippen MR) is 81.7 cm³/mol. The first kappa shape index (κ1) is 16.6. The maximum absolute atomic E-state index is 14.1. The van der Waals surface area contributed by atoms with E-state index in [1.54, 1.807) is 0 Å². The Balaban J connectivity index is 1.98. The van der Waals surface area contributed by atoms with Gasteiger partial charge in [-0.1, -0.05) is 11.6 Å². The molecule has 2 atom stereocenters. The molecule has 2 heterocycles. The summed E-state index contributed by atoms with van der Waals surface area (Å²) in [6.07, 6.45) is 0.899. The van der Waals surface area contributed by atoms with Crippen molar-refractivity contribution in [1.82, 2.24) is 9.21 Å². The standard InChI is InChI=1S/C14H16ClFN2O4S/c1-17-3-2-8-6-18(7-12(8)17)23(21,22)13-4-9(14(19)20)10(15)5-11(13)16/h4-5,8,12H,2-3,6-7H2,1H3,(H,19,20). The van der Waals surface area contributed by atoms with Crippen molar-refractivity contribution >= 4 is 27.6 Å². The van der Waals surface area contributed by atoms with Crippen LogP contribution in [0.5, 0.6) is 0 Å². The van der Waals surface area contributed by atoms with Gasteiger partial charge in [0.15, 0.2) is 0 Å². The molecule has 2 unspecified atom stereocenters. The molecule has 1 aromatic rings. The lowest BCUT2D eigenvalue weighted by Crippen LogP contribution is -2.35. The molecule has 0 bridgehead atoms. The van der Waals surface area contributed by atoms with Crippen molar-refractivity contribution in [3.05, 3.63) is 28.5 Å². The third-order valence-corrected chi connectivity index (χ3v) is 6.82. The van der Waals surface area contributed by atoms with Gasteiger partial charge >= 0.3 is 5.97 Å². The Labute approximate surface area is 138 Å². The highest BCUT2D eigenvalue weighted by atomic mass is 35.5. The summed E-state index contributed by atoms with van der Waals surface area (Å²) in [7, 11) is -2.16. The maximum Gasteiger partial charge on any atom is 0.337 e. The van der Waals surface area contributed by atoms with E-state index in [1.807, 2.05) is 7.05 Å². The van der Waals surface area contributed by atoms with E-state index in [1.165, 1.54) is 4.31 Å². The van der Waals surface area contributed by atoms with E-state index in [4.69, 9.17) is 16.7 Å². The van der Waals surface area contributed by atoms with Gasteiger partial charge in [0, 0.05) is 19.1 Å². The van der Waals surface area contributed by atoms with Gasteiger partial charge in [0.2, 0.25) is 10.0 Å². The molecule has 6 nitrogen and oxygen atoms in total. The van der Waals surface area contributed by atoms with Crippen molar-refractivity contribution in [2.24, 2.45) is 5.92 Å². The second-order valence-corrected chi connectivity index (χ2v) is 8.30. The van der Waals surface area contributed by atoms with Crippen molar-refractivity contribution in [2.45, 2.75) is 17.4 Å². The van der Waals surface area contributed by atoms with E-state index in [-0.39, 0.29) is 23.5 Å². The van der Waals surface area contributed by atoms with Crippen molar-refractivity contribution in [3.8, 4) is 0 Å². The molecule has 9 heteroatoms. The molecule has 2 fully saturated rings. The van der Waals surface area contributed by atoms with Gasteiger partial charge < -0.3 is 10.0 Å². The summed E-state index contributed by atoms with van der Waals surface area (Å²) in [4.78, 5) is 12.6. The molecular formula is C14H16ClFN2O4S. The van der Waals surface area contributed by atoms with Gasteiger partial charge in [-0.3, -0.25) is 0 Å². The normalized spacial score (nSPS) is 25.7. The number of carbonyl (C=O) groups is 1. The van der Waals surface area contributed by atoms with Crippen LogP contribution in [0.4, 0.5) is 4.39 Å². The molecule has 0 amide bonds. The van der Waals surface area contributed by atoms with Crippen molar-refractivity contribution in [3.63, 3.8) is 0 Å². The number of hydrogen-bond acceptors (Lipinski definition) is 4. The Morgan fingerprint density at radius 1 is 1.39 bits per heavy atom. The molecule has 0 aliphatic carbocycles. The minimum Gasteiger partial charge on any atom is -0.478 e. The molecule has 2 aliphatic rings. The highest BCUT2D eigenvalue weighted by Crippen LogP contribution is 2.34. The largest absolute Gasteiger partial charge is 0.478 e. The first-order chi connectivity index (χ1) is 10.7. The number of hydrogen-bond donors (Lipinski definition) is 1. The number of aromatic carboxylic acids is 1.